The second-order valence-corrected chi connectivity index (χ2v) is 26.8. The molecular weight excluding hydrogens is 987 g/mol. The van der Waals surface area contributed by atoms with Crippen molar-refractivity contribution in [3.8, 4) is 0 Å². The topological polar surface area (TPSA) is 128 Å². The second-order valence-electron chi connectivity index (χ2n) is 19.3. The van der Waals surface area contributed by atoms with Crippen molar-refractivity contribution < 1.29 is 61.3 Å². The fourth-order valence-electron chi connectivity index (χ4n) is 8.23. The van der Waals surface area contributed by atoms with Crippen molar-refractivity contribution in [2.75, 3.05) is 33.3 Å². The van der Waals surface area contributed by atoms with Crippen molar-refractivity contribution >= 4 is 45.3 Å². The van der Waals surface area contributed by atoms with Crippen molar-refractivity contribution in [2.45, 2.75) is 144 Å². The van der Waals surface area contributed by atoms with Gasteiger partial charge in [0.25, 0.3) is 0 Å². The SMILES string of the molecule is CO[C@@]1(C)O[C@@H]2[C@H](O[C@H]3O[C@H](CO[Si](C)(C)C(C)(C)C)[C@@H](OCc4ccccc4)[C@H](OCc4ccccc4)[C@@H]3OCc3ccccc3)[C@@H]([Se]c3ccccc3)O[C@H](COC(=O)CCl)[C@H]2O[C@]1(C)OC. The van der Waals surface area contributed by atoms with E-state index in [1.807, 2.05) is 121 Å². The van der Waals surface area contributed by atoms with Gasteiger partial charge in [-0.05, 0) is 0 Å². The van der Waals surface area contributed by atoms with Gasteiger partial charge in [-0.1, -0.05) is 6.07 Å². The zero-order valence-corrected chi connectivity index (χ0v) is 44.6. The molecule has 0 unspecified atom stereocenters. The zero-order chi connectivity index (χ0) is 49.2. The molecule has 3 saturated heterocycles. The molecule has 4 aromatic carbocycles. The van der Waals surface area contributed by atoms with Crippen LogP contribution in [0.4, 0.5) is 0 Å². The molecule has 69 heavy (non-hydrogen) atoms. The summed E-state index contributed by atoms with van der Waals surface area (Å²) in [5, 5.41) is -0.755. The molecule has 0 aliphatic carbocycles. The Labute approximate surface area is 420 Å². The average Bonchev–Trinajstić information content (AvgIpc) is 3.35. The molecule has 7 rings (SSSR count). The number of fused-ring (bicyclic) bond motifs is 1. The van der Waals surface area contributed by atoms with E-state index in [0.29, 0.717) is 0 Å². The molecule has 0 bridgehead atoms. The van der Waals surface area contributed by atoms with Gasteiger partial charge < -0.3 is 0 Å². The van der Waals surface area contributed by atoms with Crippen molar-refractivity contribution in [3.63, 3.8) is 0 Å². The van der Waals surface area contributed by atoms with Gasteiger partial charge in [-0.25, -0.2) is 0 Å². The quantitative estimate of drug-likeness (QED) is 0.0456. The third-order valence-electron chi connectivity index (χ3n) is 13.6. The Balaban J connectivity index is 1.34. The first kappa shape index (κ1) is 53.7. The summed E-state index contributed by atoms with van der Waals surface area (Å²) < 4.78 is 82.6. The van der Waals surface area contributed by atoms with Crippen molar-refractivity contribution in [1.29, 1.82) is 0 Å². The molecule has 3 heterocycles. The number of carbonyl (C=O) groups excluding carboxylic acids is 1. The number of hydrogen-bond acceptors (Lipinski definition) is 13. The van der Waals surface area contributed by atoms with Crippen molar-refractivity contribution in [2.24, 2.45) is 0 Å². The van der Waals surface area contributed by atoms with E-state index in [2.05, 4.69) is 33.9 Å². The zero-order valence-electron chi connectivity index (χ0n) is 41.2. The van der Waals surface area contributed by atoms with Gasteiger partial charge in [0, 0.05) is 0 Å². The fourth-order valence-corrected chi connectivity index (χ4v) is 11.7. The normalized spacial score (nSPS) is 30.6. The number of hydrogen-bond donors (Lipinski definition) is 0. The summed E-state index contributed by atoms with van der Waals surface area (Å²) in [5.74, 6) is -3.81. The number of halogens is 1. The van der Waals surface area contributed by atoms with Crippen molar-refractivity contribution in [1.82, 2.24) is 0 Å². The molecule has 0 saturated carbocycles. The van der Waals surface area contributed by atoms with Gasteiger partial charge in [-0.2, -0.15) is 0 Å². The van der Waals surface area contributed by atoms with E-state index in [-0.39, 0.29) is 44.0 Å². The summed E-state index contributed by atoms with van der Waals surface area (Å²) in [7, 11) is 0.703. The summed E-state index contributed by atoms with van der Waals surface area (Å²) in [5.41, 5.74) is 2.91. The third-order valence-corrected chi connectivity index (χ3v) is 20.7. The molecule has 3 aliphatic heterocycles. The van der Waals surface area contributed by atoms with Crippen LogP contribution in [0.1, 0.15) is 51.3 Å². The van der Waals surface area contributed by atoms with Crippen LogP contribution in [0.15, 0.2) is 121 Å². The maximum absolute atomic E-state index is 12.6. The Morgan fingerprint density at radius 1 is 0.638 bits per heavy atom. The summed E-state index contributed by atoms with van der Waals surface area (Å²) in [6.45, 7) is 15.3. The summed E-state index contributed by atoms with van der Waals surface area (Å²) in [6, 6.07) is 40.0. The first-order chi connectivity index (χ1) is 33.1. The van der Waals surface area contributed by atoms with Crippen LogP contribution in [-0.4, -0.2) is 134 Å². The van der Waals surface area contributed by atoms with Crippen LogP contribution in [0.3, 0.4) is 0 Å². The summed E-state index contributed by atoms with van der Waals surface area (Å²) in [4.78, 5) is 12.6. The van der Waals surface area contributed by atoms with Gasteiger partial charge in [0.15, 0.2) is 0 Å². The first-order valence-electron chi connectivity index (χ1n) is 23.5. The third kappa shape index (κ3) is 13.3. The molecule has 3 aliphatic rings. The van der Waals surface area contributed by atoms with Gasteiger partial charge in [0.2, 0.25) is 0 Å². The molecule has 4 aromatic rings. The Hall–Kier alpha value is -3.06. The van der Waals surface area contributed by atoms with E-state index < -0.39 is 101 Å². The van der Waals surface area contributed by atoms with E-state index in [0.717, 1.165) is 21.2 Å². The number of ether oxygens (including phenoxy) is 11. The molecule has 0 N–H and O–H groups in total. The Kier molecular flexibility index (Phi) is 18.8. The Morgan fingerprint density at radius 2 is 1.12 bits per heavy atom. The predicted octanol–water partition coefficient (Wildman–Crippen LogP) is 7.92. The monoisotopic (exact) mass is 1060 g/mol. The van der Waals surface area contributed by atoms with Crippen LogP contribution in [0.2, 0.25) is 18.1 Å². The molecule has 16 heteroatoms. The molecule has 0 aromatic heterocycles. The van der Waals surface area contributed by atoms with Gasteiger partial charge in [0.05, 0.1) is 0 Å². The molecule has 13 nitrogen and oxygen atoms in total. The standard InChI is InChI=1S/C53H69ClO13SeSi/c1-51(2,3)69(8,9)62-35-41-43(59-31-36-22-14-10-15-23-36)45(60-32-37-24-16-11-17-25-37)47(61-33-38-26-18-12-19-27-38)49(63-41)65-48-46-44(66-52(4,56-6)53(5,57-7)67-46)40(34-58-42(55)30-54)64-50(48)68-39-28-20-13-21-29-39/h10-29,40-41,43-50H,30-35H2,1-9H3/t40-,41-,43-,44-,45+,46+,47+,48+,49-,50-,52+,53+/m1/s1. The molecule has 3 fully saturated rings. The van der Waals surface area contributed by atoms with E-state index in [1.54, 1.807) is 13.8 Å². The second kappa shape index (κ2) is 24.1. The van der Waals surface area contributed by atoms with Crippen LogP contribution in [0, 0.1) is 0 Å². The van der Waals surface area contributed by atoms with Crippen LogP contribution in [0.25, 0.3) is 0 Å². The van der Waals surface area contributed by atoms with Gasteiger partial charge in [-0.3, -0.25) is 0 Å². The maximum atomic E-state index is 12.6. The van der Waals surface area contributed by atoms with E-state index in [9.17, 15) is 4.79 Å². The Bertz CT molecular complexity index is 2180. The Morgan fingerprint density at radius 3 is 1.61 bits per heavy atom. The number of esters is 1. The first-order valence-corrected chi connectivity index (χ1v) is 28.8. The average molecular weight is 1060 g/mol. The predicted molar refractivity (Wildman–Crippen MR) is 264 cm³/mol. The molecule has 0 amide bonds. The molecule has 12 atom stereocenters. The number of rotatable bonds is 21. The minimum absolute atomic E-state index is 0.0959. The number of benzene rings is 4. The van der Waals surface area contributed by atoms with Gasteiger partial charge in [-0.15, -0.1) is 0 Å². The van der Waals surface area contributed by atoms with Crippen LogP contribution >= 0.6 is 11.6 Å². The van der Waals surface area contributed by atoms with Gasteiger partial charge >= 0.3 is 416 Å². The van der Waals surface area contributed by atoms with Crippen LogP contribution < -0.4 is 4.46 Å². The van der Waals surface area contributed by atoms with E-state index in [1.165, 1.54) is 14.2 Å². The summed E-state index contributed by atoms with van der Waals surface area (Å²) >= 11 is 5.50. The molecular formula is C53H69ClO13SeSi. The summed E-state index contributed by atoms with van der Waals surface area (Å²) in [6.07, 6.45) is -7.64. The minimum atomic E-state index is -2.35. The van der Waals surface area contributed by atoms with Crippen LogP contribution in [0.5, 0.6) is 0 Å². The molecule has 376 valence electrons. The number of alkyl halides is 1. The molecule has 0 radical (unpaired) electrons. The van der Waals surface area contributed by atoms with Gasteiger partial charge in [0.1, 0.15) is 0 Å². The van der Waals surface area contributed by atoms with Crippen molar-refractivity contribution in [3.05, 3.63) is 138 Å². The number of methoxy groups -OCH3 is 2. The van der Waals surface area contributed by atoms with E-state index >= 15 is 0 Å². The molecule has 0 spiro atoms. The fraction of sp³-hybridized carbons (Fsp3) is 0.528. The van der Waals surface area contributed by atoms with E-state index in [4.69, 9.17) is 68.1 Å². The number of carbonyl (C=O) groups is 1. The van der Waals surface area contributed by atoms with Crippen LogP contribution in [-0.2, 0) is 81.1 Å².